The Labute approximate surface area is 123 Å². The minimum absolute atomic E-state index is 0.311. The van der Waals surface area contributed by atoms with Crippen molar-refractivity contribution in [3.8, 4) is 5.75 Å². The first-order valence-corrected chi connectivity index (χ1v) is 7.75. The van der Waals surface area contributed by atoms with E-state index in [0.29, 0.717) is 12.0 Å². The van der Waals surface area contributed by atoms with E-state index in [4.69, 9.17) is 10.6 Å². The molecular weight excluding hydrogens is 248 g/mol. The van der Waals surface area contributed by atoms with E-state index in [1.165, 1.54) is 36.8 Å². The molecule has 0 aromatic heterocycles. The zero-order valence-corrected chi connectivity index (χ0v) is 13.4. The van der Waals surface area contributed by atoms with Crippen molar-refractivity contribution in [1.29, 1.82) is 0 Å². The van der Waals surface area contributed by atoms with Crippen LogP contribution in [0.25, 0.3) is 0 Å². The molecule has 3 nitrogen and oxygen atoms in total. The zero-order valence-electron chi connectivity index (χ0n) is 13.4. The van der Waals surface area contributed by atoms with Crippen molar-refractivity contribution in [2.45, 2.75) is 58.9 Å². The van der Waals surface area contributed by atoms with Crippen molar-refractivity contribution >= 4 is 0 Å². The Morgan fingerprint density at radius 2 is 1.85 bits per heavy atom. The summed E-state index contributed by atoms with van der Waals surface area (Å²) in [5, 5.41) is 0. The van der Waals surface area contributed by atoms with E-state index < -0.39 is 0 Å². The minimum atomic E-state index is 0.311. The maximum atomic E-state index is 5.82. The fourth-order valence-electron chi connectivity index (χ4n) is 2.95. The summed E-state index contributed by atoms with van der Waals surface area (Å²) in [7, 11) is 1.73. The molecular formula is C17H30N2O. The summed E-state index contributed by atoms with van der Waals surface area (Å²) in [6.45, 7) is 6.59. The quantitative estimate of drug-likeness (QED) is 0.536. The SMILES string of the molecule is CCCC(CCC)C(Cc1cc(C)ccc1OC)NN. The lowest BCUT2D eigenvalue weighted by Gasteiger charge is -2.27. The van der Waals surface area contributed by atoms with Crippen molar-refractivity contribution in [2.75, 3.05) is 7.11 Å². The fourth-order valence-corrected chi connectivity index (χ4v) is 2.95. The molecule has 0 aliphatic carbocycles. The second-order valence-corrected chi connectivity index (χ2v) is 5.63. The summed E-state index contributed by atoms with van der Waals surface area (Å²) in [4.78, 5) is 0. The predicted molar refractivity (Wildman–Crippen MR) is 85.9 cm³/mol. The van der Waals surface area contributed by atoms with Crippen molar-refractivity contribution < 1.29 is 4.74 Å². The molecule has 0 aliphatic heterocycles. The second kappa shape index (κ2) is 8.98. The molecule has 1 rings (SSSR count). The number of hydrogen-bond acceptors (Lipinski definition) is 3. The molecule has 0 amide bonds. The normalized spacial score (nSPS) is 12.7. The van der Waals surface area contributed by atoms with Crippen LogP contribution in [0.2, 0.25) is 0 Å². The van der Waals surface area contributed by atoms with Crippen LogP contribution in [-0.4, -0.2) is 13.2 Å². The molecule has 3 heteroatoms. The van der Waals surface area contributed by atoms with Crippen LogP contribution in [0.1, 0.15) is 50.7 Å². The lowest BCUT2D eigenvalue weighted by atomic mass is 9.86. The van der Waals surface area contributed by atoms with Crippen LogP contribution >= 0.6 is 0 Å². The smallest absolute Gasteiger partial charge is 0.122 e. The molecule has 1 atom stereocenters. The van der Waals surface area contributed by atoms with E-state index in [0.717, 1.165) is 12.2 Å². The highest BCUT2D eigenvalue weighted by atomic mass is 16.5. The van der Waals surface area contributed by atoms with Gasteiger partial charge >= 0.3 is 0 Å². The first-order chi connectivity index (χ1) is 9.65. The van der Waals surface area contributed by atoms with Gasteiger partial charge in [-0.1, -0.05) is 44.4 Å². The number of nitrogens with one attached hydrogen (secondary N) is 1. The Kier molecular flexibility index (Phi) is 7.63. The van der Waals surface area contributed by atoms with Gasteiger partial charge in [0.25, 0.3) is 0 Å². The maximum Gasteiger partial charge on any atom is 0.122 e. The Balaban J connectivity index is 2.88. The van der Waals surface area contributed by atoms with Gasteiger partial charge in [-0.15, -0.1) is 0 Å². The van der Waals surface area contributed by atoms with Gasteiger partial charge in [-0.3, -0.25) is 11.3 Å². The highest BCUT2D eigenvalue weighted by molar-refractivity contribution is 5.37. The molecule has 1 unspecified atom stereocenters. The van der Waals surface area contributed by atoms with Gasteiger partial charge in [0.05, 0.1) is 7.11 Å². The Morgan fingerprint density at radius 3 is 2.35 bits per heavy atom. The van der Waals surface area contributed by atoms with Crippen molar-refractivity contribution in [3.05, 3.63) is 29.3 Å². The number of hydrazine groups is 1. The fraction of sp³-hybridized carbons (Fsp3) is 0.647. The summed E-state index contributed by atoms with van der Waals surface area (Å²) in [5.74, 6) is 7.41. The molecule has 0 saturated carbocycles. The summed E-state index contributed by atoms with van der Waals surface area (Å²) < 4.78 is 5.48. The lowest BCUT2D eigenvalue weighted by molar-refractivity contribution is 0.308. The second-order valence-electron chi connectivity index (χ2n) is 5.63. The molecule has 1 aromatic carbocycles. The van der Waals surface area contributed by atoms with Crippen molar-refractivity contribution in [3.63, 3.8) is 0 Å². The number of nitrogens with two attached hydrogens (primary N) is 1. The Bertz CT molecular complexity index is 387. The summed E-state index contributed by atoms with van der Waals surface area (Å²) in [6.07, 6.45) is 5.77. The summed E-state index contributed by atoms with van der Waals surface area (Å²) in [6, 6.07) is 6.65. The number of benzene rings is 1. The summed E-state index contributed by atoms with van der Waals surface area (Å²) >= 11 is 0. The molecule has 0 spiro atoms. The van der Waals surface area contributed by atoms with Crippen LogP contribution in [-0.2, 0) is 6.42 Å². The van der Waals surface area contributed by atoms with E-state index in [1.807, 2.05) is 6.07 Å². The van der Waals surface area contributed by atoms with Crippen LogP contribution in [0.15, 0.2) is 18.2 Å². The minimum Gasteiger partial charge on any atom is -0.496 e. The third kappa shape index (κ3) is 4.80. The van der Waals surface area contributed by atoms with E-state index in [-0.39, 0.29) is 0 Å². The highest BCUT2D eigenvalue weighted by Gasteiger charge is 2.20. The number of ether oxygens (including phenoxy) is 1. The van der Waals surface area contributed by atoms with Crippen LogP contribution in [0.4, 0.5) is 0 Å². The first-order valence-electron chi connectivity index (χ1n) is 7.75. The molecule has 3 N–H and O–H groups in total. The highest BCUT2D eigenvalue weighted by Crippen LogP contribution is 2.26. The maximum absolute atomic E-state index is 5.82. The monoisotopic (exact) mass is 278 g/mol. The molecule has 0 saturated heterocycles. The molecule has 1 aromatic rings. The van der Waals surface area contributed by atoms with Gasteiger partial charge in [0, 0.05) is 6.04 Å². The largest absolute Gasteiger partial charge is 0.496 e. The van der Waals surface area contributed by atoms with Crippen LogP contribution in [0.5, 0.6) is 5.75 Å². The third-order valence-corrected chi connectivity index (χ3v) is 3.98. The average Bonchev–Trinajstić information content (AvgIpc) is 2.45. The van der Waals surface area contributed by atoms with E-state index in [1.54, 1.807) is 7.11 Å². The number of methoxy groups -OCH3 is 1. The third-order valence-electron chi connectivity index (χ3n) is 3.98. The van der Waals surface area contributed by atoms with Gasteiger partial charge in [0.15, 0.2) is 0 Å². The Hall–Kier alpha value is -1.06. The molecule has 114 valence electrons. The predicted octanol–water partition coefficient (Wildman–Crippen LogP) is 3.59. The van der Waals surface area contributed by atoms with Crippen LogP contribution in [0.3, 0.4) is 0 Å². The Morgan fingerprint density at radius 1 is 1.20 bits per heavy atom. The van der Waals surface area contributed by atoms with Crippen LogP contribution < -0.4 is 16.0 Å². The van der Waals surface area contributed by atoms with Crippen molar-refractivity contribution in [1.82, 2.24) is 5.43 Å². The molecule has 0 radical (unpaired) electrons. The van der Waals surface area contributed by atoms with Gasteiger partial charge < -0.3 is 4.74 Å². The van der Waals surface area contributed by atoms with Gasteiger partial charge in [-0.05, 0) is 43.7 Å². The standard InChI is InChI=1S/C17H30N2O/c1-5-7-14(8-6-2)16(19-18)12-15-11-13(3)9-10-17(15)20-4/h9-11,14,16,19H,5-8,12,18H2,1-4H3. The topological polar surface area (TPSA) is 47.3 Å². The number of rotatable bonds is 9. The lowest BCUT2D eigenvalue weighted by Crippen LogP contribution is -2.42. The average molecular weight is 278 g/mol. The molecule has 0 fully saturated rings. The van der Waals surface area contributed by atoms with Gasteiger partial charge in [-0.2, -0.15) is 0 Å². The molecule has 0 bridgehead atoms. The van der Waals surface area contributed by atoms with Gasteiger partial charge in [-0.25, -0.2) is 0 Å². The van der Waals surface area contributed by atoms with E-state index in [9.17, 15) is 0 Å². The van der Waals surface area contributed by atoms with Crippen LogP contribution in [0, 0.1) is 12.8 Å². The first kappa shape index (κ1) is 17.0. The summed E-state index contributed by atoms with van der Waals surface area (Å²) in [5.41, 5.74) is 5.54. The molecule has 0 aliphatic rings. The number of aryl methyl sites for hydroxylation is 1. The molecule has 0 heterocycles. The van der Waals surface area contributed by atoms with E-state index >= 15 is 0 Å². The van der Waals surface area contributed by atoms with E-state index in [2.05, 4.69) is 38.3 Å². The van der Waals surface area contributed by atoms with Crippen molar-refractivity contribution in [2.24, 2.45) is 11.8 Å². The number of hydrogen-bond donors (Lipinski definition) is 2. The van der Waals surface area contributed by atoms with Gasteiger partial charge in [0.2, 0.25) is 0 Å². The zero-order chi connectivity index (χ0) is 15.0. The van der Waals surface area contributed by atoms with Gasteiger partial charge in [0.1, 0.15) is 5.75 Å². The molecule has 20 heavy (non-hydrogen) atoms.